The molecule has 1 aromatic rings. The number of fused-ring (bicyclic) bond motifs is 2. The molecule has 2 aliphatic heterocycles. The fourth-order valence-electron chi connectivity index (χ4n) is 2.38. The van der Waals surface area contributed by atoms with Gasteiger partial charge in [0.15, 0.2) is 0 Å². The second kappa shape index (κ2) is 4.13. The minimum Gasteiger partial charge on any atom is -0.478 e. The van der Waals surface area contributed by atoms with Gasteiger partial charge in [0.2, 0.25) is 0 Å². The summed E-state index contributed by atoms with van der Waals surface area (Å²) in [6.07, 6.45) is 2.15. The van der Waals surface area contributed by atoms with E-state index in [9.17, 15) is 14.4 Å². The van der Waals surface area contributed by atoms with Crippen molar-refractivity contribution in [2.24, 2.45) is 0 Å². The molecule has 2 saturated heterocycles. The molecule has 2 fully saturated rings. The zero-order chi connectivity index (χ0) is 13.6. The number of anilines is 1. The number of amides is 2. The highest BCUT2D eigenvalue weighted by Gasteiger charge is 2.47. The molecule has 1 aromatic heterocycles. The van der Waals surface area contributed by atoms with Crippen LogP contribution in [0.1, 0.15) is 23.2 Å². The summed E-state index contributed by atoms with van der Waals surface area (Å²) in [7, 11) is 0. The van der Waals surface area contributed by atoms with E-state index in [0.717, 1.165) is 4.90 Å². The summed E-state index contributed by atoms with van der Waals surface area (Å²) >= 11 is 0. The number of pyridine rings is 1. The van der Waals surface area contributed by atoms with Crippen molar-refractivity contribution in [2.75, 3.05) is 4.90 Å². The van der Waals surface area contributed by atoms with Gasteiger partial charge < -0.3 is 9.84 Å². The quantitative estimate of drug-likeness (QED) is 0.765. The topological polar surface area (TPSA) is 96.8 Å². The molecule has 1 N–H and O–H groups in total. The number of hydrogen-bond acceptors (Lipinski definition) is 5. The molecular weight excluding hydrogens is 252 g/mol. The first-order chi connectivity index (χ1) is 9.09. The number of carbonyl (C=O) groups is 3. The number of carbonyl (C=O) groups excluding carboxylic acids is 2. The lowest BCUT2D eigenvalue weighted by Crippen LogP contribution is -2.52. The number of rotatable bonds is 2. The van der Waals surface area contributed by atoms with Crippen molar-refractivity contribution >= 4 is 23.5 Å². The first-order valence-electron chi connectivity index (χ1n) is 5.80. The summed E-state index contributed by atoms with van der Waals surface area (Å²) in [5.41, 5.74) is -0.122. The van der Waals surface area contributed by atoms with Gasteiger partial charge in [-0.25, -0.2) is 9.69 Å². The Kier molecular flexibility index (Phi) is 2.56. The zero-order valence-corrected chi connectivity index (χ0v) is 9.78. The number of morpholine rings is 1. The van der Waals surface area contributed by atoms with Crippen molar-refractivity contribution in [2.45, 2.75) is 25.0 Å². The van der Waals surface area contributed by atoms with Crippen molar-refractivity contribution in [3.63, 3.8) is 0 Å². The van der Waals surface area contributed by atoms with Crippen molar-refractivity contribution in [3.05, 3.63) is 24.0 Å². The monoisotopic (exact) mass is 262 g/mol. The molecule has 2 amide bonds. The molecule has 0 aliphatic carbocycles. The van der Waals surface area contributed by atoms with E-state index in [0.29, 0.717) is 12.8 Å². The number of imide groups is 1. The van der Waals surface area contributed by atoms with Gasteiger partial charge in [-0.05, 0) is 18.9 Å². The smallest absolute Gasteiger partial charge is 0.337 e. The van der Waals surface area contributed by atoms with Crippen LogP contribution in [0.4, 0.5) is 5.69 Å². The van der Waals surface area contributed by atoms with Gasteiger partial charge in [-0.1, -0.05) is 0 Å². The fraction of sp³-hybridized carbons (Fsp3) is 0.333. The molecule has 0 spiro atoms. The zero-order valence-electron chi connectivity index (χ0n) is 9.78. The normalized spacial score (nSPS) is 25.8. The maximum Gasteiger partial charge on any atom is 0.337 e. The van der Waals surface area contributed by atoms with Crippen molar-refractivity contribution in [1.29, 1.82) is 0 Å². The first kappa shape index (κ1) is 11.8. The molecule has 7 heteroatoms. The van der Waals surface area contributed by atoms with E-state index in [1.165, 1.54) is 18.5 Å². The number of nitrogens with zero attached hydrogens (tertiary/aromatic N) is 2. The second-order valence-corrected chi connectivity index (χ2v) is 4.40. The van der Waals surface area contributed by atoms with E-state index in [2.05, 4.69) is 4.98 Å². The maximum atomic E-state index is 12.1. The standard InChI is InChI=1S/C12H10N2O5/c15-10-8-1-2-9(19-8)11(16)14(10)7-5-13-4-3-6(7)12(17)18/h3-5,8-9H,1-2H2,(H,17,18). The van der Waals surface area contributed by atoms with E-state index in [4.69, 9.17) is 9.84 Å². The molecule has 2 atom stereocenters. The van der Waals surface area contributed by atoms with Crippen molar-refractivity contribution in [1.82, 2.24) is 4.98 Å². The molecule has 0 radical (unpaired) electrons. The summed E-state index contributed by atoms with van der Waals surface area (Å²) in [5.74, 6) is -2.25. The third-order valence-electron chi connectivity index (χ3n) is 3.28. The Hall–Kier alpha value is -2.28. The summed E-state index contributed by atoms with van der Waals surface area (Å²) in [5, 5.41) is 9.11. The highest BCUT2D eigenvalue weighted by molar-refractivity contribution is 6.21. The lowest BCUT2D eigenvalue weighted by atomic mass is 10.1. The van der Waals surface area contributed by atoms with E-state index in [-0.39, 0.29) is 11.3 Å². The molecule has 19 heavy (non-hydrogen) atoms. The predicted molar refractivity (Wildman–Crippen MR) is 61.6 cm³/mol. The van der Waals surface area contributed by atoms with Gasteiger partial charge in [0.1, 0.15) is 12.2 Å². The van der Waals surface area contributed by atoms with Gasteiger partial charge in [-0.2, -0.15) is 0 Å². The van der Waals surface area contributed by atoms with E-state index < -0.39 is 30.0 Å². The molecular formula is C12H10N2O5. The van der Waals surface area contributed by atoms with E-state index in [1.807, 2.05) is 0 Å². The largest absolute Gasteiger partial charge is 0.478 e. The van der Waals surface area contributed by atoms with Gasteiger partial charge >= 0.3 is 5.97 Å². The summed E-state index contributed by atoms with van der Waals surface area (Å²) in [6, 6.07) is 1.26. The summed E-state index contributed by atoms with van der Waals surface area (Å²) < 4.78 is 5.27. The van der Waals surface area contributed by atoms with Crippen molar-refractivity contribution < 1.29 is 24.2 Å². The molecule has 7 nitrogen and oxygen atoms in total. The average Bonchev–Trinajstić information content (AvgIpc) is 2.84. The predicted octanol–water partition coefficient (Wildman–Crippen LogP) is 0.201. The van der Waals surface area contributed by atoms with Crippen LogP contribution >= 0.6 is 0 Å². The third kappa shape index (κ3) is 1.70. The highest BCUT2D eigenvalue weighted by Crippen LogP contribution is 2.32. The summed E-state index contributed by atoms with van der Waals surface area (Å²) in [6.45, 7) is 0. The minimum absolute atomic E-state index is 0.00481. The first-order valence-corrected chi connectivity index (χ1v) is 5.80. The van der Waals surface area contributed by atoms with Crippen LogP contribution in [0, 0.1) is 0 Å². The van der Waals surface area contributed by atoms with Crippen LogP contribution in [-0.4, -0.2) is 40.1 Å². The van der Waals surface area contributed by atoms with E-state index in [1.54, 1.807) is 0 Å². The Morgan fingerprint density at radius 3 is 2.53 bits per heavy atom. The Balaban J connectivity index is 2.09. The number of aromatic nitrogens is 1. The van der Waals surface area contributed by atoms with E-state index >= 15 is 0 Å². The van der Waals surface area contributed by atoms with Gasteiger partial charge in [-0.15, -0.1) is 0 Å². The molecule has 3 rings (SSSR count). The highest BCUT2D eigenvalue weighted by atomic mass is 16.5. The molecule has 2 unspecified atom stereocenters. The second-order valence-electron chi connectivity index (χ2n) is 4.40. The molecule has 0 saturated carbocycles. The van der Waals surface area contributed by atoms with Gasteiger partial charge in [0.25, 0.3) is 11.8 Å². The number of aromatic carboxylic acids is 1. The number of hydrogen-bond donors (Lipinski definition) is 1. The molecule has 2 aliphatic rings. The van der Waals surface area contributed by atoms with Crippen LogP contribution in [0.3, 0.4) is 0 Å². The van der Waals surface area contributed by atoms with Crippen molar-refractivity contribution in [3.8, 4) is 0 Å². The molecule has 0 aromatic carbocycles. The van der Waals surface area contributed by atoms with Crippen LogP contribution in [0.15, 0.2) is 18.5 Å². The van der Waals surface area contributed by atoms with Crippen LogP contribution < -0.4 is 4.90 Å². The number of carboxylic acids is 1. The lowest BCUT2D eigenvalue weighted by molar-refractivity contribution is -0.146. The summed E-state index contributed by atoms with van der Waals surface area (Å²) in [4.78, 5) is 40.1. The number of carboxylic acid groups (broad SMARTS) is 1. The van der Waals surface area contributed by atoms with Gasteiger partial charge in [0, 0.05) is 6.20 Å². The Morgan fingerprint density at radius 2 is 1.95 bits per heavy atom. The SMILES string of the molecule is O=C(O)c1ccncc1N1C(=O)C2CCC(O2)C1=O. The molecule has 3 heterocycles. The van der Waals surface area contributed by atoms with Crippen LogP contribution in [-0.2, 0) is 14.3 Å². The average molecular weight is 262 g/mol. The lowest BCUT2D eigenvalue weighted by Gasteiger charge is -2.30. The maximum absolute atomic E-state index is 12.1. The fourth-order valence-corrected chi connectivity index (χ4v) is 2.38. The Bertz CT molecular complexity index is 563. The van der Waals surface area contributed by atoms with Crippen LogP contribution in [0.25, 0.3) is 0 Å². The third-order valence-corrected chi connectivity index (χ3v) is 3.28. The van der Waals surface area contributed by atoms with Crippen LogP contribution in [0.5, 0.6) is 0 Å². The molecule has 98 valence electrons. The minimum atomic E-state index is -1.21. The molecule has 2 bridgehead atoms. The van der Waals surface area contributed by atoms with Gasteiger partial charge in [0.05, 0.1) is 17.4 Å². The van der Waals surface area contributed by atoms with Crippen LogP contribution in [0.2, 0.25) is 0 Å². The number of ether oxygens (including phenoxy) is 1. The Morgan fingerprint density at radius 1 is 1.32 bits per heavy atom. The Labute approximate surface area is 107 Å². The van der Waals surface area contributed by atoms with Gasteiger partial charge in [-0.3, -0.25) is 14.6 Å².